The summed E-state index contributed by atoms with van der Waals surface area (Å²) >= 11 is 0. The fourth-order valence-corrected chi connectivity index (χ4v) is 1.04. The molecule has 0 saturated heterocycles. The highest BCUT2D eigenvalue weighted by Gasteiger charge is 2.22. The zero-order valence-electron chi connectivity index (χ0n) is 6.92. The summed E-state index contributed by atoms with van der Waals surface area (Å²) < 4.78 is 0. The number of carboxylic acids is 1. The Balaban J connectivity index is 2.87. The first-order valence-corrected chi connectivity index (χ1v) is 3.54. The number of carbonyl (C=O) groups is 2. The van der Waals surface area contributed by atoms with Gasteiger partial charge in [-0.05, 0) is 6.92 Å². The lowest BCUT2D eigenvalue weighted by Gasteiger charge is -1.93. The maximum Gasteiger partial charge on any atom is 0.333 e. The van der Waals surface area contributed by atoms with Gasteiger partial charge in [-0.2, -0.15) is 0 Å². The van der Waals surface area contributed by atoms with Crippen molar-refractivity contribution >= 4 is 17.5 Å². The molecule has 1 N–H and O–H groups in total. The van der Waals surface area contributed by atoms with Gasteiger partial charge in [0.05, 0.1) is 11.3 Å². The molecule has 0 aromatic rings. The van der Waals surface area contributed by atoms with Gasteiger partial charge in [-0.15, -0.1) is 0 Å². The van der Waals surface area contributed by atoms with Crippen LogP contribution in [-0.2, 0) is 9.59 Å². The highest BCUT2D eigenvalue weighted by molar-refractivity contribution is 6.41. The molecule has 0 aliphatic carbocycles. The van der Waals surface area contributed by atoms with E-state index in [1.165, 1.54) is 6.92 Å². The SMILES string of the molecule is CC(=O)C1=NC(C)=C(C(=O)O)C1. The molecule has 0 unspecified atom stereocenters. The van der Waals surface area contributed by atoms with E-state index < -0.39 is 5.97 Å². The van der Waals surface area contributed by atoms with Gasteiger partial charge in [0.1, 0.15) is 0 Å². The zero-order valence-corrected chi connectivity index (χ0v) is 6.92. The second-order valence-corrected chi connectivity index (χ2v) is 2.66. The van der Waals surface area contributed by atoms with Crippen molar-refractivity contribution in [3.05, 3.63) is 11.3 Å². The second kappa shape index (κ2) is 2.89. The average Bonchev–Trinajstić information content (AvgIpc) is 2.30. The molecule has 0 saturated carbocycles. The Hall–Kier alpha value is -1.45. The lowest BCUT2D eigenvalue weighted by Crippen LogP contribution is -2.09. The Labute approximate surface area is 69.6 Å². The van der Waals surface area contributed by atoms with E-state index in [1.807, 2.05) is 0 Å². The number of carbonyl (C=O) groups excluding carboxylic acids is 1. The Kier molecular flexibility index (Phi) is 2.08. The molecule has 0 aromatic carbocycles. The number of hydrogen-bond donors (Lipinski definition) is 1. The molecule has 0 atom stereocenters. The first-order chi connectivity index (χ1) is 5.52. The molecule has 4 nitrogen and oxygen atoms in total. The third-order valence-electron chi connectivity index (χ3n) is 1.75. The molecule has 1 aliphatic heterocycles. The number of carboxylic acid groups (broad SMARTS) is 1. The van der Waals surface area contributed by atoms with Crippen LogP contribution < -0.4 is 0 Å². The fraction of sp³-hybridized carbons (Fsp3) is 0.375. The molecule has 0 aromatic heterocycles. The molecule has 1 heterocycles. The van der Waals surface area contributed by atoms with Crippen LogP contribution in [0.15, 0.2) is 16.3 Å². The molecule has 0 amide bonds. The van der Waals surface area contributed by atoms with E-state index in [0.29, 0.717) is 11.4 Å². The van der Waals surface area contributed by atoms with E-state index in [9.17, 15) is 9.59 Å². The number of rotatable bonds is 2. The molecular weight excluding hydrogens is 158 g/mol. The lowest BCUT2D eigenvalue weighted by molar-refractivity contribution is -0.132. The molecular formula is C8H9NO3. The monoisotopic (exact) mass is 167 g/mol. The van der Waals surface area contributed by atoms with Crippen LogP contribution in [0, 0.1) is 0 Å². The largest absolute Gasteiger partial charge is 0.478 e. The summed E-state index contributed by atoms with van der Waals surface area (Å²) in [7, 11) is 0. The lowest BCUT2D eigenvalue weighted by atomic mass is 10.1. The van der Waals surface area contributed by atoms with Gasteiger partial charge in [0, 0.05) is 19.0 Å². The zero-order chi connectivity index (χ0) is 9.30. The van der Waals surface area contributed by atoms with E-state index in [2.05, 4.69) is 4.99 Å². The van der Waals surface area contributed by atoms with Crippen LogP contribution in [0.1, 0.15) is 20.3 Å². The molecule has 12 heavy (non-hydrogen) atoms. The normalized spacial score (nSPS) is 16.3. The highest BCUT2D eigenvalue weighted by Crippen LogP contribution is 2.19. The van der Waals surface area contributed by atoms with Gasteiger partial charge in [-0.25, -0.2) is 4.79 Å². The summed E-state index contributed by atoms with van der Waals surface area (Å²) in [5, 5.41) is 8.64. The maximum atomic E-state index is 10.8. The van der Waals surface area contributed by atoms with Crippen molar-refractivity contribution in [1.29, 1.82) is 0 Å². The van der Waals surface area contributed by atoms with Crippen molar-refractivity contribution in [2.75, 3.05) is 0 Å². The summed E-state index contributed by atoms with van der Waals surface area (Å²) in [6.07, 6.45) is 0.163. The van der Waals surface area contributed by atoms with Crippen LogP contribution in [0.4, 0.5) is 0 Å². The summed E-state index contributed by atoms with van der Waals surface area (Å²) in [5.74, 6) is -1.15. The number of ketones is 1. The van der Waals surface area contributed by atoms with Gasteiger partial charge >= 0.3 is 5.97 Å². The predicted octanol–water partition coefficient (Wildman–Crippen LogP) is 0.779. The topological polar surface area (TPSA) is 66.7 Å². The van der Waals surface area contributed by atoms with E-state index in [-0.39, 0.29) is 17.8 Å². The molecule has 1 aliphatic rings. The average molecular weight is 167 g/mol. The number of aliphatic imine (C=N–C) groups is 1. The van der Waals surface area contributed by atoms with Crippen molar-refractivity contribution < 1.29 is 14.7 Å². The van der Waals surface area contributed by atoms with E-state index in [0.717, 1.165) is 0 Å². The first-order valence-electron chi connectivity index (χ1n) is 3.54. The fourth-order valence-electron chi connectivity index (χ4n) is 1.04. The van der Waals surface area contributed by atoms with Gasteiger partial charge in [-0.3, -0.25) is 9.79 Å². The minimum atomic E-state index is -0.993. The number of nitrogens with zero attached hydrogens (tertiary/aromatic N) is 1. The van der Waals surface area contributed by atoms with Gasteiger partial charge in [0.25, 0.3) is 0 Å². The number of Topliss-reactive ketones (excluding diaryl/α,β-unsaturated/α-hetero) is 1. The molecule has 64 valence electrons. The minimum Gasteiger partial charge on any atom is -0.478 e. The van der Waals surface area contributed by atoms with Crippen molar-refractivity contribution in [3.63, 3.8) is 0 Å². The van der Waals surface area contributed by atoms with Crippen molar-refractivity contribution in [3.8, 4) is 0 Å². The maximum absolute atomic E-state index is 10.8. The number of hydrogen-bond acceptors (Lipinski definition) is 3. The Morgan fingerprint density at radius 3 is 2.33 bits per heavy atom. The predicted molar refractivity (Wildman–Crippen MR) is 43.1 cm³/mol. The number of aliphatic carboxylic acids is 1. The molecule has 0 bridgehead atoms. The molecule has 0 spiro atoms. The summed E-state index contributed by atoms with van der Waals surface area (Å²) in [4.78, 5) is 25.2. The van der Waals surface area contributed by atoms with Crippen molar-refractivity contribution in [2.24, 2.45) is 4.99 Å². The molecule has 1 rings (SSSR count). The van der Waals surface area contributed by atoms with E-state index in [4.69, 9.17) is 5.11 Å². The molecule has 0 radical (unpaired) electrons. The molecule has 0 fully saturated rings. The third kappa shape index (κ3) is 1.42. The Morgan fingerprint density at radius 2 is 2.08 bits per heavy atom. The van der Waals surface area contributed by atoms with E-state index >= 15 is 0 Å². The van der Waals surface area contributed by atoms with Gasteiger partial charge < -0.3 is 5.11 Å². The second-order valence-electron chi connectivity index (χ2n) is 2.66. The summed E-state index contributed by atoms with van der Waals surface area (Å²) in [5.41, 5.74) is 0.998. The van der Waals surface area contributed by atoms with Crippen LogP contribution in [0.25, 0.3) is 0 Å². The van der Waals surface area contributed by atoms with Crippen LogP contribution in [-0.4, -0.2) is 22.6 Å². The van der Waals surface area contributed by atoms with Crippen molar-refractivity contribution in [1.82, 2.24) is 0 Å². The summed E-state index contributed by atoms with van der Waals surface area (Å²) in [6, 6.07) is 0. The third-order valence-corrected chi connectivity index (χ3v) is 1.75. The van der Waals surface area contributed by atoms with Crippen LogP contribution >= 0.6 is 0 Å². The Bertz CT molecular complexity index is 312. The van der Waals surface area contributed by atoms with Crippen LogP contribution in [0.5, 0.6) is 0 Å². The first kappa shape index (κ1) is 8.64. The minimum absolute atomic E-state index is 0.161. The van der Waals surface area contributed by atoms with Crippen molar-refractivity contribution in [2.45, 2.75) is 20.3 Å². The Morgan fingerprint density at radius 1 is 1.50 bits per heavy atom. The van der Waals surface area contributed by atoms with Crippen LogP contribution in [0.3, 0.4) is 0 Å². The smallest absolute Gasteiger partial charge is 0.333 e. The highest BCUT2D eigenvalue weighted by atomic mass is 16.4. The van der Waals surface area contributed by atoms with Gasteiger partial charge in [0.2, 0.25) is 0 Å². The summed E-state index contributed by atoms with van der Waals surface area (Å²) in [6.45, 7) is 2.98. The van der Waals surface area contributed by atoms with Gasteiger partial charge in [-0.1, -0.05) is 0 Å². The molecule has 4 heteroatoms. The quantitative estimate of drug-likeness (QED) is 0.660. The number of allylic oxidation sites excluding steroid dienone is 1. The van der Waals surface area contributed by atoms with E-state index in [1.54, 1.807) is 6.92 Å². The van der Waals surface area contributed by atoms with Gasteiger partial charge in [0.15, 0.2) is 5.78 Å². The standard InChI is InChI=1S/C8H9NO3/c1-4-6(8(11)12)3-7(9-4)5(2)10/h3H2,1-2H3,(H,11,12). The van der Waals surface area contributed by atoms with Crippen LogP contribution in [0.2, 0.25) is 0 Å².